The first-order valence-electron chi connectivity index (χ1n) is 38.7. The standard InChI is InChI=1S/C91H116O6/c1-4-7-11-19-69-30-42-75(43-31-69)81-54-60-84(61-55-81)78-48-36-72(37-49-78)22-16-27-88(92)95-66-91(87-25-14-10-15-26-87,67-96-89(93)28-17-23-73-38-50-79(51-39-73)85-62-56-82(57-63-85)76-44-32-70(33-45-76)20-12-8-5-2)68-97-90(94)29-18-24-74-40-52-80(53-41-74)86-64-58-83(59-65-86)77-46-34-71(35-47-77)21-13-9-6-3/h10,14-15,25-26,36-41,48-65,69-71,75-77H,4-9,11-13,16-24,27-35,42-47,66-68H2,1-3H3. The Morgan fingerprint density at radius 1 is 0.309 bits per heavy atom. The molecule has 0 aromatic heterocycles. The van der Waals surface area contributed by atoms with Crippen LogP contribution in [-0.2, 0) is 53.3 Å². The van der Waals surface area contributed by atoms with E-state index in [1.54, 1.807) is 0 Å². The van der Waals surface area contributed by atoms with E-state index in [4.69, 9.17) is 14.2 Å². The molecule has 3 saturated carbocycles. The Morgan fingerprint density at radius 3 is 0.825 bits per heavy atom. The van der Waals surface area contributed by atoms with Gasteiger partial charge in [-0.15, -0.1) is 0 Å². The summed E-state index contributed by atoms with van der Waals surface area (Å²) in [6.45, 7) is 6.53. The molecule has 516 valence electrons. The van der Waals surface area contributed by atoms with Crippen molar-refractivity contribution in [2.45, 2.75) is 256 Å². The van der Waals surface area contributed by atoms with Gasteiger partial charge in [-0.25, -0.2) is 0 Å². The van der Waals surface area contributed by atoms with E-state index >= 15 is 0 Å². The molecule has 0 bridgehead atoms. The van der Waals surface area contributed by atoms with Crippen molar-refractivity contribution < 1.29 is 28.6 Å². The average molecular weight is 1310 g/mol. The highest BCUT2D eigenvalue weighted by atomic mass is 16.6. The number of esters is 3. The van der Waals surface area contributed by atoms with E-state index in [9.17, 15) is 14.4 Å². The lowest BCUT2D eigenvalue weighted by Gasteiger charge is -2.33. The van der Waals surface area contributed by atoms with Crippen LogP contribution in [0.4, 0.5) is 0 Å². The zero-order chi connectivity index (χ0) is 67.3. The minimum absolute atomic E-state index is 0.116. The number of benzene rings is 7. The molecule has 3 aliphatic carbocycles. The molecule has 7 aromatic rings. The van der Waals surface area contributed by atoms with Crippen molar-refractivity contribution in [1.29, 1.82) is 0 Å². The highest BCUT2D eigenvalue weighted by Crippen LogP contribution is 2.42. The predicted molar refractivity (Wildman–Crippen MR) is 402 cm³/mol. The van der Waals surface area contributed by atoms with Crippen molar-refractivity contribution in [3.8, 4) is 33.4 Å². The van der Waals surface area contributed by atoms with Crippen molar-refractivity contribution in [3.63, 3.8) is 0 Å². The second-order valence-electron chi connectivity index (χ2n) is 29.8. The van der Waals surface area contributed by atoms with Gasteiger partial charge in [0.25, 0.3) is 0 Å². The van der Waals surface area contributed by atoms with Gasteiger partial charge < -0.3 is 14.2 Å². The largest absolute Gasteiger partial charge is 0.464 e. The second kappa shape index (κ2) is 38.9. The SMILES string of the molecule is CCCCCC1CCC(c2ccc(-c3ccc(CCCC(=O)OCC(COC(=O)CCCc4ccc(-c5ccc(C6CCC(CCCCC)CC6)cc5)cc4)(COC(=O)CCCc4ccc(-c5ccc(C6CCC(CCCCC)CC6)cc5)cc4)c4ccccc4)cc3)cc2)CC1. The van der Waals surface area contributed by atoms with E-state index in [-0.39, 0.29) is 57.0 Å². The summed E-state index contributed by atoms with van der Waals surface area (Å²) in [7, 11) is 0. The van der Waals surface area contributed by atoms with Crippen molar-refractivity contribution >= 4 is 17.9 Å². The smallest absolute Gasteiger partial charge is 0.305 e. The fraction of sp³-hybridized carbons (Fsp3) is 0.505. The lowest BCUT2D eigenvalue weighted by molar-refractivity contribution is -0.156. The lowest BCUT2D eigenvalue weighted by atomic mass is 9.77. The number of carbonyl (C=O) groups is 3. The van der Waals surface area contributed by atoms with Gasteiger partial charge in [0.15, 0.2) is 0 Å². The van der Waals surface area contributed by atoms with E-state index in [0.717, 1.165) is 59.3 Å². The first-order chi connectivity index (χ1) is 47.6. The number of unbranched alkanes of at least 4 members (excludes halogenated alkanes) is 6. The number of hydrogen-bond acceptors (Lipinski definition) is 6. The van der Waals surface area contributed by atoms with Gasteiger partial charge in [-0.3, -0.25) is 14.4 Å². The molecule has 0 spiro atoms. The molecular formula is C91H116O6. The van der Waals surface area contributed by atoms with Crippen molar-refractivity contribution in [3.05, 3.63) is 215 Å². The molecule has 3 aliphatic rings. The van der Waals surface area contributed by atoms with Gasteiger partial charge in [0.05, 0.1) is 5.41 Å². The molecule has 0 heterocycles. The first kappa shape index (κ1) is 72.7. The van der Waals surface area contributed by atoms with Gasteiger partial charge in [-0.1, -0.05) is 274 Å². The molecule has 0 amide bonds. The van der Waals surface area contributed by atoms with E-state index in [1.165, 1.54) is 204 Å². The van der Waals surface area contributed by atoms with Gasteiger partial charge in [-0.05, 0) is 223 Å². The predicted octanol–water partition coefficient (Wildman–Crippen LogP) is 24.2. The summed E-state index contributed by atoms with van der Waals surface area (Å²) in [6, 6.07) is 63.5. The molecule has 0 aliphatic heterocycles. The maximum atomic E-state index is 13.8. The zero-order valence-electron chi connectivity index (χ0n) is 59.6. The van der Waals surface area contributed by atoms with Crippen LogP contribution >= 0.6 is 0 Å². The second-order valence-corrected chi connectivity index (χ2v) is 29.8. The third-order valence-corrected chi connectivity index (χ3v) is 22.6. The summed E-state index contributed by atoms with van der Waals surface area (Å²) in [5.74, 6) is 3.71. The number of rotatable bonds is 37. The number of carbonyl (C=O) groups excluding carboxylic acids is 3. The summed E-state index contributed by atoms with van der Waals surface area (Å²) >= 11 is 0. The van der Waals surface area contributed by atoms with Gasteiger partial charge in [-0.2, -0.15) is 0 Å². The quantitative estimate of drug-likeness (QED) is 0.0219. The topological polar surface area (TPSA) is 78.9 Å². The Morgan fingerprint density at radius 2 is 0.567 bits per heavy atom. The van der Waals surface area contributed by atoms with Crippen LogP contribution in [-0.4, -0.2) is 37.7 Å². The fourth-order valence-electron chi connectivity index (χ4n) is 16.2. The minimum atomic E-state index is -1.13. The number of ether oxygens (including phenoxy) is 3. The van der Waals surface area contributed by atoms with E-state index in [1.807, 2.05) is 30.3 Å². The molecule has 0 saturated heterocycles. The van der Waals surface area contributed by atoms with Crippen LogP contribution in [0.3, 0.4) is 0 Å². The van der Waals surface area contributed by atoms with Crippen LogP contribution in [0.15, 0.2) is 176 Å². The van der Waals surface area contributed by atoms with Gasteiger partial charge in [0, 0.05) is 19.3 Å². The summed E-state index contributed by atoms with van der Waals surface area (Å²) in [6.07, 6.45) is 37.0. The van der Waals surface area contributed by atoms with E-state index in [0.29, 0.717) is 37.0 Å². The highest BCUT2D eigenvalue weighted by Gasteiger charge is 2.38. The highest BCUT2D eigenvalue weighted by molar-refractivity contribution is 5.72. The number of hydrogen-bond donors (Lipinski definition) is 0. The van der Waals surface area contributed by atoms with Crippen LogP contribution in [0.1, 0.15) is 270 Å². The molecule has 0 radical (unpaired) electrons. The van der Waals surface area contributed by atoms with Crippen molar-refractivity contribution in [2.75, 3.05) is 19.8 Å². The molecule has 10 rings (SSSR count). The molecule has 0 N–H and O–H groups in total. The lowest BCUT2D eigenvalue weighted by Crippen LogP contribution is -2.43. The summed E-state index contributed by atoms with van der Waals surface area (Å²) in [5.41, 5.74) is 14.8. The van der Waals surface area contributed by atoms with Crippen LogP contribution < -0.4 is 0 Å². The van der Waals surface area contributed by atoms with Crippen LogP contribution in [0.25, 0.3) is 33.4 Å². The van der Waals surface area contributed by atoms with Crippen LogP contribution in [0.5, 0.6) is 0 Å². The maximum Gasteiger partial charge on any atom is 0.305 e. The molecule has 0 atom stereocenters. The Balaban J connectivity index is 0.714. The first-order valence-corrected chi connectivity index (χ1v) is 38.7. The third kappa shape index (κ3) is 22.7. The van der Waals surface area contributed by atoms with Gasteiger partial charge >= 0.3 is 17.9 Å². The number of aryl methyl sites for hydroxylation is 3. The van der Waals surface area contributed by atoms with Gasteiger partial charge in [0.2, 0.25) is 0 Å². The Hall–Kier alpha value is -7.05. The Bertz CT molecular complexity index is 3050. The Labute approximate surface area is 584 Å². The van der Waals surface area contributed by atoms with Crippen molar-refractivity contribution in [1.82, 2.24) is 0 Å². The molecule has 0 unspecified atom stereocenters. The summed E-state index contributed by atoms with van der Waals surface area (Å²) in [4.78, 5) is 41.3. The van der Waals surface area contributed by atoms with E-state index < -0.39 is 5.41 Å². The van der Waals surface area contributed by atoms with Crippen LogP contribution in [0.2, 0.25) is 0 Å². The zero-order valence-corrected chi connectivity index (χ0v) is 59.6. The fourth-order valence-corrected chi connectivity index (χ4v) is 16.2. The molecular weight excluding hydrogens is 1190 g/mol. The Kier molecular flexibility index (Phi) is 29.2. The molecule has 7 aromatic carbocycles. The minimum Gasteiger partial charge on any atom is -0.464 e. The molecule has 6 nitrogen and oxygen atoms in total. The van der Waals surface area contributed by atoms with Gasteiger partial charge in [0.1, 0.15) is 19.8 Å². The molecule has 3 fully saturated rings. The average Bonchev–Trinajstić information content (AvgIpc) is 1.03. The van der Waals surface area contributed by atoms with Crippen LogP contribution in [0, 0.1) is 17.8 Å². The van der Waals surface area contributed by atoms with E-state index in [2.05, 4.69) is 166 Å². The maximum absolute atomic E-state index is 13.8. The summed E-state index contributed by atoms with van der Waals surface area (Å²) < 4.78 is 18.5. The monoisotopic (exact) mass is 1300 g/mol. The third-order valence-electron chi connectivity index (χ3n) is 22.6. The molecule has 97 heavy (non-hydrogen) atoms. The molecule has 6 heteroatoms. The summed E-state index contributed by atoms with van der Waals surface area (Å²) in [5, 5.41) is 0. The van der Waals surface area contributed by atoms with Crippen molar-refractivity contribution in [2.24, 2.45) is 17.8 Å². The normalized spacial score (nSPS) is 19.4.